The summed E-state index contributed by atoms with van der Waals surface area (Å²) >= 11 is 0. The number of anilines is 1. The Morgan fingerprint density at radius 2 is 2.32 bits per heavy atom. The van der Waals surface area contributed by atoms with Crippen LogP contribution in [-0.4, -0.2) is 42.0 Å². The maximum absolute atomic E-state index is 13.4. The van der Waals surface area contributed by atoms with Crippen LogP contribution >= 0.6 is 0 Å². The maximum atomic E-state index is 13.4. The van der Waals surface area contributed by atoms with Crippen LogP contribution in [0.5, 0.6) is 0 Å². The van der Waals surface area contributed by atoms with Crippen LogP contribution in [0, 0.1) is 5.82 Å². The van der Waals surface area contributed by atoms with Gasteiger partial charge in [-0.2, -0.15) is 12.7 Å². The molecule has 0 radical (unpaired) electrons. The Hall–Kier alpha value is -1.25. The van der Waals surface area contributed by atoms with Gasteiger partial charge in [-0.3, -0.25) is 9.71 Å². The summed E-state index contributed by atoms with van der Waals surface area (Å²) in [6.45, 7) is 0.0903. The molecule has 8 heteroatoms. The van der Waals surface area contributed by atoms with Crippen LogP contribution in [0.15, 0.2) is 18.5 Å². The number of nitrogens with zero attached hydrogens (tertiary/aromatic N) is 2. The number of piperidine rings is 1. The van der Waals surface area contributed by atoms with Crippen molar-refractivity contribution >= 4 is 15.9 Å². The van der Waals surface area contributed by atoms with Gasteiger partial charge >= 0.3 is 10.2 Å². The number of hydrogen-bond donors (Lipinski definition) is 2. The van der Waals surface area contributed by atoms with Gasteiger partial charge in [0.05, 0.1) is 18.5 Å². The van der Waals surface area contributed by atoms with Gasteiger partial charge in [0.25, 0.3) is 0 Å². The van der Waals surface area contributed by atoms with E-state index in [-0.39, 0.29) is 12.3 Å². The quantitative estimate of drug-likeness (QED) is 0.856. The van der Waals surface area contributed by atoms with Crippen molar-refractivity contribution in [2.45, 2.75) is 25.3 Å². The molecule has 0 saturated carbocycles. The lowest BCUT2D eigenvalue weighted by molar-refractivity contribution is 0.156. The fourth-order valence-corrected chi connectivity index (χ4v) is 3.62. The van der Waals surface area contributed by atoms with Crippen molar-refractivity contribution in [3.63, 3.8) is 0 Å². The zero-order valence-corrected chi connectivity index (χ0v) is 11.1. The van der Waals surface area contributed by atoms with Gasteiger partial charge in [0.2, 0.25) is 0 Å². The van der Waals surface area contributed by atoms with Gasteiger partial charge in [0, 0.05) is 18.8 Å². The number of aromatic nitrogens is 1. The molecule has 0 bridgehead atoms. The molecule has 1 saturated heterocycles. The first-order chi connectivity index (χ1) is 9.04. The van der Waals surface area contributed by atoms with E-state index in [1.54, 1.807) is 0 Å². The van der Waals surface area contributed by atoms with Crippen molar-refractivity contribution < 1.29 is 17.9 Å². The number of aliphatic hydroxyl groups excluding tert-OH is 1. The highest BCUT2D eigenvalue weighted by molar-refractivity contribution is 7.90. The smallest absolute Gasteiger partial charge is 0.302 e. The summed E-state index contributed by atoms with van der Waals surface area (Å²) < 4.78 is 41.2. The zero-order chi connectivity index (χ0) is 13.9. The van der Waals surface area contributed by atoms with E-state index in [1.807, 2.05) is 0 Å². The van der Waals surface area contributed by atoms with Crippen LogP contribution in [0.25, 0.3) is 0 Å². The summed E-state index contributed by atoms with van der Waals surface area (Å²) in [5, 5.41) is 9.23. The Balaban J connectivity index is 2.20. The molecule has 1 unspecified atom stereocenters. The van der Waals surface area contributed by atoms with E-state index in [2.05, 4.69) is 9.71 Å². The lowest BCUT2D eigenvalue weighted by Gasteiger charge is -2.33. The highest BCUT2D eigenvalue weighted by Crippen LogP contribution is 2.22. The fraction of sp³-hybridized carbons (Fsp3) is 0.545. The molecule has 1 aromatic heterocycles. The summed E-state index contributed by atoms with van der Waals surface area (Å²) in [5.74, 6) is -0.733. The molecule has 6 nitrogen and oxygen atoms in total. The molecular weight excluding hydrogens is 273 g/mol. The third-order valence-corrected chi connectivity index (χ3v) is 4.68. The van der Waals surface area contributed by atoms with Gasteiger partial charge in [0.1, 0.15) is 0 Å². The minimum Gasteiger partial charge on any atom is -0.395 e. The number of halogens is 1. The van der Waals surface area contributed by atoms with Crippen LogP contribution in [-0.2, 0) is 10.2 Å². The molecular formula is C11H16FN3O3S. The first-order valence-electron chi connectivity index (χ1n) is 6.04. The van der Waals surface area contributed by atoms with Gasteiger partial charge in [-0.25, -0.2) is 4.39 Å². The highest BCUT2D eigenvalue weighted by Gasteiger charge is 2.32. The molecule has 106 valence electrons. The topological polar surface area (TPSA) is 82.5 Å². The van der Waals surface area contributed by atoms with E-state index in [0.29, 0.717) is 13.0 Å². The van der Waals surface area contributed by atoms with Crippen LogP contribution in [0.2, 0.25) is 0 Å². The van der Waals surface area contributed by atoms with Gasteiger partial charge in [-0.1, -0.05) is 6.42 Å². The second-order valence-corrected chi connectivity index (χ2v) is 6.03. The van der Waals surface area contributed by atoms with Gasteiger partial charge < -0.3 is 5.11 Å². The average Bonchev–Trinajstić information content (AvgIpc) is 2.41. The van der Waals surface area contributed by atoms with E-state index in [1.165, 1.54) is 16.6 Å². The number of hydrogen-bond acceptors (Lipinski definition) is 4. The summed E-state index contributed by atoms with van der Waals surface area (Å²) in [6, 6.07) is 0.807. The number of aliphatic hydroxyl groups is 1. The molecule has 0 spiro atoms. The summed E-state index contributed by atoms with van der Waals surface area (Å²) in [6.07, 6.45) is 4.46. The van der Waals surface area contributed by atoms with Crippen molar-refractivity contribution in [3.05, 3.63) is 24.3 Å². The van der Waals surface area contributed by atoms with Crippen LogP contribution in [0.4, 0.5) is 10.1 Å². The molecule has 2 rings (SSSR count). The molecule has 0 amide bonds. The Morgan fingerprint density at radius 3 is 3.00 bits per heavy atom. The summed E-state index contributed by atoms with van der Waals surface area (Å²) in [5.41, 5.74) is -0.141. The van der Waals surface area contributed by atoms with E-state index in [4.69, 9.17) is 0 Å². The first-order valence-corrected chi connectivity index (χ1v) is 7.48. The minimum absolute atomic E-state index is 0.141. The molecule has 0 aliphatic carbocycles. The molecule has 1 aromatic rings. The third kappa shape index (κ3) is 3.20. The molecule has 19 heavy (non-hydrogen) atoms. The van der Waals surface area contributed by atoms with E-state index in [9.17, 15) is 17.9 Å². The second-order valence-electron chi connectivity index (χ2n) is 4.41. The third-order valence-electron chi connectivity index (χ3n) is 3.10. The molecule has 1 fully saturated rings. The molecule has 1 aliphatic heterocycles. The monoisotopic (exact) mass is 289 g/mol. The SMILES string of the molecule is O=S(=O)(Nc1ccncc1F)N1CCCCC1CO. The van der Waals surface area contributed by atoms with Crippen LogP contribution in [0.1, 0.15) is 19.3 Å². The predicted molar refractivity (Wildman–Crippen MR) is 68.2 cm³/mol. The Labute approximate surface area is 111 Å². The average molecular weight is 289 g/mol. The van der Waals surface area contributed by atoms with Crippen molar-refractivity contribution in [3.8, 4) is 0 Å². The highest BCUT2D eigenvalue weighted by atomic mass is 32.2. The maximum Gasteiger partial charge on any atom is 0.302 e. The van der Waals surface area contributed by atoms with Crippen molar-refractivity contribution in [1.29, 1.82) is 0 Å². The standard InChI is InChI=1S/C11H16FN3O3S/c12-10-7-13-5-4-11(10)14-19(17,18)15-6-2-1-3-9(15)8-16/h4-5,7,9,16H,1-3,6,8H2,(H,13,14). The second kappa shape index (κ2) is 5.81. The van der Waals surface area contributed by atoms with Gasteiger partial charge in [0.15, 0.2) is 5.82 Å². The molecule has 0 aromatic carbocycles. The molecule has 1 aliphatic rings. The van der Waals surface area contributed by atoms with Gasteiger partial charge in [-0.15, -0.1) is 0 Å². The Kier molecular flexibility index (Phi) is 4.33. The van der Waals surface area contributed by atoms with Crippen molar-refractivity contribution in [1.82, 2.24) is 9.29 Å². The minimum atomic E-state index is -3.86. The van der Waals surface area contributed by atoms with E-state index < -0.39 is 22.1 Å². The number of pyridine rings is 1. The van der Waals surface area contributed by atoms with E-state index in [0.717, 1.165) is 19.0 Å². The number of rotatable bonds is 4. The molecule has 2 N–H and O–H groups in total. The van der Waals surface area contributed by atoms with Crippen LogP contribution < -0.4 is 4.72 Å². The normalized spacial score (nSPS) is 21.3. The largest absolute Gasteiger partial charge is 0.395 e. The number of nitrogens with one attached hydrogen (secondary N) is 1. The molecule has 1 atom stereocenters. The first kappa shape index (κ1) is 14.2. The van der Waals surface area contributed by atoms with Crippen molar-refractivity contribution in [2.24, 2.45) is 0 Å². The lowest BCUT2D eigenvalue weighted by atomic mass is 10.1. The van der Waals surface area contributed by atoms with Gasteiger partial charge in [-0.05, 0) is 18.9 Å². The van der Waals surface area contributed by atoms with Crippen molar-refractivity contribution in [2.75, 3.05) is 17.9 Å². The summed E-state index contributed by atoms with van der Waals surface area (Å²) in [7, 11) is -3.86. The van der Waals surface area contributed by atoms with Crippen LogP contribution in [0.3, 0.4) is 0 Å². The lowest BCUT2D eigenvalue weighted by Crippen LogP contribution is -2.48. The Morgan fingerprint density at radius 1 is 1.53 bits per heavy atom. The summed E-state index contributed by atoms with van der Waals surface area (Å²) in [4.78, 5) is 3.56. The van der Waals surface area contributed by atoms with E-state index >= 15 is 0 Å². The predicted octanol–water partition coefficient (Wildman–Crippen LogP) is 0.724. The molecule has 2 heterocycles. The zero-order valence-electron chi connectivity index (χ0n) is 10.3. The Bertz CT molecular complexity index is 538. The fourth-order valence-electron chi connectivity index (χ4n) is 2.13.